The monoisotopic (exact) mass is 354 g/mol. The van der Waals surface area contributed by atoms with Gasteiger partial charge in [-0.25, -0.2) is 0 Å². The molecule has 0 radical (unpaired) electrons. The molecule has 0 atom stereocenters. The summed E-state index contributed by atoms with van der Waals surface area (Å²) in [5, 5.41) is 5.02. The van der Waals surface area contributed by atoms with Gasteiger partial charge in [0.1, 0.15) is 0 Å². The van der Waals surface area contributed by atoms with Crippen LogP contribution in [0.2, 0.25) is 0 Å². The van der Waals surface area contributed by atoms with Gasteiger partial charge in [0.05, 0.1) is 11.4 Å². The first-order valence-electron chi connectivity index (χ1n) is 7.47. The summed E-state index contributed by atoms with van der Waals surface area (Å²) in [4.78, 5) is 14.7. The number of benzene rings is 2. The fourth-order valence-electron chi connectivity index (χ4n) is 2.34. The van der Waals surface area contributed by atoms with E-state index in [0.29, 0.717) is 16.9 Å². The zero-order valence-corrected chi connectivity index (χ0v) is 15.1. The van der Waals surface area contributed by atoms with Crippen LogP contribution in [0.1, 0.15) is 15.9 Å². The molecular formula is C19H18N2OS2. The lowest BCUT2D eigenvalue weighted by Gasteiger charge is -2.10. The lowest BCUT2D eigenvalue weighted by atomic mass is 10.1. The molecule has 0 unspecified atom stereocenters. The Bertz CT molecular complexity index is 869. The number of amides is 1. The predicted octanol–water partition coefficient (Wildman–Crippen LogP) is 5.28. The van der Waals surface area contributed by atoms with E-state index in [2.05, 4.69) is 23.7 Å². The number of nitrogen functional groups attached to an aromatic ring is 1. The summed E-state index contributed by atoms with van der Waals surface area (Å²) in [5.41, 5.74) is 10.1. The van der Waals surface area contributed by atoms with Crippen molar-refractivity contribution in [1.29, 1.82) is 0 Å². The number of nitrogens with two attached hydrogens (primary N) is 1. The number of thioether (sulfide) groups is 1. The largest absolute Gasteiger partial charge is 0.397 e. The Morgan fingerprint density at radius 1 is 1.12 bits per heavy atom. The molecule has 24 heavy (non-hydrogen) atoms. The molecule has 3 nitrogen and oxygen atoms in total. The summed E-state index contributed by atoms with van der Waals surface area (Å²) in [6.07, 6.45) is 2.01. The molecule has 3 aromatic rings. The van der Waals surface area contributed by atoms with Crippen molar-refractivity contribution in [2.75, 3.05) is 17.3 Å². The third-order valence-corrected chi connectivity index (χ3v) is 5.51. The van der Waals surface area contributed by atoms with E-state index >= 15 is 0 Å². The highest BCUT2D eigenvalue weighted by molar-refractivity contribution is 7.98. The minimum absolute atomic E-state index is 0.158. The second kappa shape index (κ2) is 7.11. The van der Waals surface area contributed by atoms with Crippen LogP contribution >= 0.6 is 23.1 Å². The molecule has 1 amide bonds. The maximum Gasteiger partial charge on any atom is 0.255 e. The summed E-state index contributed by atoms with van der Waals surface area (Å²) in [7, 11) is 0. The van der Waals surface area contributed by atoms with Gasteiger partial charge in [0.15, 0.2) is 0 Å². The molecule has 2 aromatic carbocycles. The van der Waals surface area contributed by atoms with Gasteiger partial charge in [-0.05, 0) is 72.2 Å². The van der Waals surface area contributed by atoms with E-state index in [9.17, 15) is 4.79 Å². The molecule has 0 aliphatic carbocycles. The van der Waals surface area contributed by atoms with Crippen molar-refractivity contribution < 1.29 is 4.79 Å². The van der Waals surface area contributed by atoms with Crippen molar-refractivity contribution in [3.63, 3.8) is 0 Å². The third kappa shape index (κ3) is 3.63. The van der Waals surface area contributed by atoms with E-state index in [1.807, 2.05) is 48.7 Å². The second-order valence-corrected chi connectivity index (χ2v) is 7.26. The first kappa shape index (κ1) is 16.6. The molecule has 0 saturated heterocycles. The SMILES string of the molecule is CSc1ccc(C(=O)Nc2cc(-c3cc(C)cs3)ccc2N)cc1. The van der Waals surface area contributed by atoms with Crippen LogP contribution in [-0.2, 0) is 0 Å². The van der Waals surface area contributed by atoms with Crippen molar-refractivity contribution in [2.24, 2.45) is 0 Å². The Labute approximate surface area is 149 Å². The normalized spacial score (nSPS) is 10.6. The average molecular weight is 355 g/mol. The van der Waals surface area contributed by atoms with E-state index in [0.717, 1.165) is 15.3 Å². The maximum absolute atomic E-state index is 12.4. The number of hydrogen-bond acceptors (Lipinski definition) is 4. The number of hydrogen-bond donors (Lipinski definition) is 2. The summed E-state index contributed by atoms with van der Waals surface area (Å²) >= 11 is 3.33. The smallest absolute Gasteiger partial charge is 0.255 e. The van der Waals surface area contributed by atoms with Gasteiger partial charge in [-0.2, -0.15) is 0 Å². The molecule has 0 saturated carbocycles. The standard InChI is InChI=1S/C19H18N2OS2/c1-12-9-18(24-11-12)14-5-8-16(20)17(10-14)21-19(22)13-3-6-15(23-2)7-4-13/h3-11H,20H2,1-2H3,(H,21,22). The van der Waals surface area contributed by atoms with Gasteiger partial charge in [-0.3, -0.25) is 4.79 Å². The molecule has 3 N–H and O–H groups in total. The molecule has 3 rings (SSSR count). The van der Waals surface area contributed by atoms with Crippen LogP contribution in [-0.4, -0.2) is 12.2 Å². The van der Waals surface area contributed by atoms with Gasteiger partial charge in [0.25, 0.3) is 5.91 Å². The van der Waals surface area contributed by atoms with Crippen LogP contribution in [0.3, 0.4) is 0 Å². The summed E-state index contributed by atoms with van der Waals surface area (Å²) in [5.74, 6) is -0.158. The third-order valence-electron chi connectivity index (χ3n) is 3.67. The average Bonchev–Trinajstić information content (AvgIpc) is 3.03. The van der Waals surface area contributed by atoms with Crippen LogP contribution in [0.25, 0.3) is 10.4 Å². The van der Waals surface area contributed by atoms with Gasteiger partial charge in [-0.15, -0.1) is 23.1 Å². The molecule has 122 valence electrons. The van der Waals surface area contributed by atoms with Crippen molar-refractivity contribution in [2.45, 2.75) is 11.8 Å². The summed E-state index contributed by atoms with van der Waals surface area (Å²) < 4.78 is 0. The first-order valence-corrected chi connectivity index (χ1v) is 9.57. The molecule has 1 aromatic heterocycles. The van der Waals surface area contributed by atoms with Crippen LogP contribution in [0.15, 0.2) is 58.8 Å². The summed E-state index contributed by atoms with van der Waals surface area (Å²) in [6, 6.07) is 15.4. The van der Waals surface area contributed by atoms with Gasteiger partial charge in [-0.1, -0.05) is 6.07 Å². The lowest BCUT2D eigenvalue weighted by Crippen LogP contribution is -2.13. The van der Waals surface area contributed by atoms with E-state index in [-0.39, 0.29) is 5.91 Å². The minimum atomic E-state index is -0.158. The van der Waals surface area contributed by atoms with Gasteiger partial charge < -0.3 is 11.1 Å². The Morgan fingerprint density at radius 2 is 1.88 bits per heavy atom. The van der Waals surface area contributed by atoms with E-state index < -0.39 is 0 Å². The van der Waals surface area contributed by atoms with Crippen LogP contribution in [0.4, 0.5) is 11.4 Å². The fraction of sp³-hybridized carbons (Fsp3) is 0.105. The number of aryl methyl sites for hydroxylation is 1. The van der Waals surface area contributed by atoms with Crippen LogP contribution < -0.4 is 11.1 Å². The molecule has 1 heterocycles. The molecule has 0 fully saturated rings. The minimum Gasteiger partial charge on any atom is -0.397 e. The molecule has 0 aliphatic heterocycles. The Balaban J connectivity index is 1.84. The first-order chi connectivity index (χ1) is 11.6. The zero-order chi connectivity index (χ0) is 17.1. The number of nitrogens with one attached hydrogen (secondary N) is 1. The Kier molecular flexibility index (Phi) is 4.92. The van der Waals surface area contributed by atoms with Crippen molar-refractivity contribution in [3.05, 3.63) is 65.0 Å². The Morgan fingerprint density at radius 3 is 2.50 bits per heavy atom. The van der Waals surface area contributed by atoms with Crippen molar-refractivity contribution in [3.8, 4) is 10.4 Å². The zero-order valence-electron chi connectivity index (χ0n) is 13.5. The van der Waals surface area contributed by atoms with Gasteiger partial charge >= 0.3 is 0 Å². The maximum atomic E-state index is 12.4. The topological polar surface area (TPSA) is 55.1 Å². The van der Waals surface area contributed by atoms with E-state index in [1.165, 1.54) is 5.56 Å². The number of thiophene rings is 1. The number of carbonyl (C=O) groups is 1. The number of anilines is 2. The van der Waals surface area contributed by atoms with Gasteiger partial charge in [0, 0.05) is 15.3 Å². The van der Waals surface area contributed by atoms with E-state index in [1.54, 1.807) is 23.1 Å². The van der Waals surface area contributed by atoms with Crippen molar-refractivity contribution >= 4 is 40.4 Å². The fourth-order valence-corrected chi connectivity index (χ4v) is 3.64. The van der Waals surface area contributed by atoms with E-state index in [4.69, 9.17) is 5.73 Å². The van der Waals surface area contributed by atoms with Gasteiger partial charge in [0.2, 0.25) is 0 Å². The quantitative estimate of drug-likeness (QED) is 0.495. The molecule has 0 aliphatic rings. The Hall–Kier alpha value is -2.24. The van der Waals surface area contributed by atoms with Crippen LogP contribution in [0.5, 0.6) is 0 Å². The number of carbonyl (C=O) groups excluding carboxylic acids is 1. The van der Waals surface area contributed by atoms with Crippen LogP contribution in [0, 0.1) is 6.92 Å². The summed E-state index contributed by atoms with van der Waals surface area (Å²) in [6.45, 7) is 2.07. The molecule has 0 spiro atoms. The molecule has 0 bridgehead atoms. The highest BCUT2D eigenvalue weighted by atomic mass is 32.2. The number of rotatable bonds is 4. The highest BCUT2D eigenvalue weighted by Gasteiger charge is 2.10. The highest BCUT2D eigenvalue weighted by Crippen LogP contribution is 2.31. The second-order valence-electron chi connectivity index (χ2n) is 5.47. The molecular weight excluding hydrogens is 336 g/mol. The molecule has 5 heteroatoms. The van der Waals surface area contributed by atoms with Crippen molar-refractivity contribution in [1.82, 2.24) is 0 Å². The lowest BCUT2D eigenvalue weighted by molar-refractivity contribution is 0.102. The predicted molar refractivity (Wildman–Crippen MR) is 105 cm³/mol.